The third-order valence-corrected chi connectivity index (χ3v) is 4.41. The van der Waals surface area contributed by atoms with Gasteiger partial charge in [-0.3, -0.25) is 9.59 Å². The third-order valence-electron chi connectivity index (χ3n) is 4.17. The lowest BCUT2D eigenvalue weighted by Crippen LogP contribution is -2.48. The van der Waals surface area contributed by atoms with Crippen molar-refractivity contribution in [3.8, 4) is 5.75 Å². The highest BCUT2D eigenvalue weighted by molar-refractivity contribution is 6.30. The number of nitrogens with zero attached hydrogens (tertiary/aromatic N) is 1. The van der Waals surface area contributed by atoms with E-state index in [4.69, 9.17) is 16.3 Å². The first-order chi connectivity index (χ1) is 12.4. The van der Waals surface area contributed by atoms with E-state index in [9.17, 15) is 9.59 Å². The predicted octanol–water partition coefficient (Wildman–Crippen LogP) is 3.19. The van der Waals surface area contributed by atoms with Gasteiger partial charge in [-0.15, -0.1) is 0 Å². The molecule has 6 heteroatoms. The molecule has 0 saturated heterocycles. The summed E-state index contributed by atoms with van der Waals surface area (Å²) < 4.78 is 5.55. The Morgan fingerprint density at radius 3 is 2.58 bits per heavy atom. The van der Waals surface area contributed by atoms with Gasteiger partial charge in [-0.25, -0.2) is 0 Å². The number of halogens is 1. The van der Waals surface area contributed by atoms with Gasteiger partial charge in [0, 0.05) is 18.6 Å². The van der Waals surface area contributed by atoms with E-state index in [1.807, 2.05) is 31.2 Å². The summed E-state index contributed by atoms with van der Waals surface area (Å²) >= 11 is 5.93. The van der Waals surface area contributed by atoms with Crippen LogP contribution in [0.15, 0.2) is 48.5 Å². The molecule has 1 N–H and O–H groups in total. The third kappa shape index (κ3) is 5.23. The Hall–Kier alpha value is -2.53. The lowest BCUT2D eigenvalue weighted by Gasteiger charge is -2.28. The number of hydrogen-bond donors (Lipinski definition) is 1. The summed E-state index contributed by atoms with van der Waals surface area (Å²) in [6, 6.07) is 14.0. The number of benzene rings is 2. The van der Waals surface area contributed by atoms with E-state index in [0.29, 0.717) is 17.3 Å². The van der Waals surface area contributed by atoms with Crippen LogP contribution in [-0.2, 0) is 16.1 Å². The van der Waals surface area contributed by atoms with Crippen molar-refractivity contribution in [3.05, 3.63) is 64.7 Å². The lowest BCUT2D eigenvalue weighted by atomic mass is 10.1. The first-order valence-electron chi connectivity index (χ1n) is 8.36. The summed E-state index contributed by atoms with van der Waals surface area (Å²) in [4.78, 5) is 26.4. The van der Waals surface area contributed by atoms with E-state index < -0.39 is 6.04 Å². The van der Waals surface area contributed by atoms with Gasteiger partial charge in [0.1, 0.15) is 11.8 Å². The molecule has 0 aliphatic heterocycles. The van der Waals surface area contributed by atoms with Crippen LogP contribution in [0.3, 0.4) is 0 Å². The normalized spacial score (nSPS) is 11.5. The van der Waals surface area contributed by atoms with Crippen LogP contribution in [0, 0.1) is 6.92 Å². The van der Waals surface area contributed by atoms with E-state index in [1.165, 1.54) is 4.90 Å². The molecule has 0 spiro atoms. The van der Waals surface area contributed by atoms with Crippen molar-refractivity contribution in [2.45, 2.75) is 26.4 Å². The van der Waals surface area contributed by atoms with Crippen LogP contribution < -0.4 is 10.1 Å². The molecule has 2 amide bonds. The molecule has 26 heavy (non-hydrogen) atoms. The van der Waals surface area contributed by atoms with Crippen LogP contribution in [-0.4, -0.2) is 36.4 Å². The molecule has 2 aromatic rings. The number of hydrogen-bond acceptors (Lipinski definition) is 3. The second-order valence-corrected chi connectivity index (χ2v) is 6.42. The monoisotopic (exact) mass is 374 g/mol. The molecule has 1 atom stereocenters. The van der Waals surface area contributed by atoms with Crippen molar-refractivity contribution in [2.24, 2.45) is 0 Å². The average molecular weight is 375 g/mol. The Bertz CT molecular complexity index is 779. The maximum absolute atomic E-state index is 12.8. The largest absolute Gasteiger partial charge is 0.484 e. The predicted molar refractivity (Wildman–Crippen MR) is 102 cm³/mol. The number of aryl methyl sites for hydroxylation is 1. The van der Waals surface area contributed by atoms with Crippen molar-refractivity contribution >= 4 is 23.4 Å². The van der Waals surface area contributed by atoms with Crippen molar-refractivity contribution in [1.82, 2.24) is 10.2 Å². The van der Waals surface area contributed by atoms with Crippen LogP contribution in [0.5, 0.6) is 5.75 Å². The van der Waals surface area contributed by atoms with E-state index in [0.717, 1.165) is 11.1 Å². The second kappa shape index (κ2) is 9.25. The molecule has 0 aliphatic carbocycles. The van der Waals surface area contributed by atoms with Crippen molar-refractivity contribution < 1.29 is 14.3 Å². The molecule has 0 saturated carbocycles. The van der Waals surface area contributed by atoms with Crippen molar-refractivity contribution in [2.75, 3.05) is 13.7 Å². The molecule has 0 bridgehead atoms. The summed E-state index contributed by atoms with van der Waals surface area (Å²) in [7, 11) is 1.55. The minimum Gasteiger partial charge on any atom is -0.484 e. The summed E-state index contributed by atoms with van der Waals surface area (Å²) in [5, 5.41) is 3.12. The van der Waals surface area contributed by atoms with Crippen LogP contribution in [0.2, 0.25) is 5.02 Å². The van der Waals surface area contributed by atoms with Crippen molar-refractivity contribution in [3.63, 3.8) is 0 Å². The summed E-state index contributed by atoms with van der Waals surface area (Å²) in [5.41, 5.74) is 2.05. The molecular formula is C20H23ClN2O3. The molecule has 0 aromatic heterocycles. The standard InChI is InChI=1S/C20H23ClN2O3/c1-14-7-4-5-8-16(14)12-23(15(2)20(25)22-3)19(24)13-26-18-10-6-9-17(21)11-18/h4-11,15H,12-13H2,1-3H3,(H,22,25). The number of amides is 2. The molecule has 2 aromatic carbocycles. The van der Waals surface area contributed by atoms with Crippen molar-refractivity contribution in [1.29, 1.82) is 0 Å². The lowest BCUT2D eigenvalue weighted by molar-refractivity contribution is -0.142. The zero-order valence-electron chi connectivity index (χ0n) is 15.2. The Morgan fingerprint density at radius 1 is 1.19 bits per heavy atom. The zero-order chi connectivity index (χ0) is 19.1. The minimum absolute atomic E-state index is 0.173. The highest BCUT2D eigenvalue weighted by Crippen LogP contribution is 2.18. The summed E-state index contributed by atoms with van der Waals surface area (Å²) in [6.45, 7) is 3.84. The number of likely N-dealkylation sites (N-methyl/N-ethyl adjacent to an activating group) is 1. The van der Waals surface area contributed by atoms with E-state index in [2.05, 4.69) is 5.32 Å². The molecule has 0 heterocycles. The molecule has 5 nitrogen and oxygen atoms in total. The summed E-state index contributed by atoms with van der Waals surface area (Å²) in [6.07, 6.45) is 0. The van der Waals surface area contributed by atoms with Crippen LogP contribution in [0.25, 0.3) is 0 Å². The fourth-order valence-electron chi connectivity index (χ4n) is 2.55. The fraction of sp³-hybridized carbons (Fsp3) is 0.300. The van der Waals surface area contributed by atoms with Gasteiger partial charge in [-0.1, -0.05) is 41.9 Å². The van der Waals surface area contributed by atoms with Gasteiger partial charge in [0.25, 0.3) is 5.91 Å². The number of carbonyl (C=O) groups excluding carboxylic acids is 2. The quantitative estimate of drug-likeness (QED) is 0.809. The molecule has 138 valence electrons. The maximum atomic E-state index is 12.8. The highest BCUT2D eigenvalue weighted by atomic mass is 35.5. The van der Waals surface area contributed by atoms with E-state index in [1.54, 1.807) is 38.2 Å². The van der Waals surface area contributed by atoms with Gasteiger partial charge >= 0.3 is 0 Å². The molecule has 0 radical (unpaired) electrons. The SMILES string of the molecule is CNC(=O)C(C)N(Cc1ccccc1C)C(=O)COc1cccc(Cl)c1. The zero-order valence-corrected chi connectivity index (χ0v) is 15.9. The Kier molecular flexibility index (Phi) is 7.04. The molecular weight excluding hydrogens is 352 g/mol. The molecule has 2 rings (SSSR count). The van der Waals surface area contributed by atoms with Gasteiger partial charge in [0.15, 0.2) is 6.61 Å². The van der Waals surface area contributed by atoms with Crippen LogP contribution in [0.1, 0.15) is 18.1 Å². The fourth-order valence-corrected chi connectivity index (χ4v) is 2.73. The first-order valence-corrected chi connectivity index (χ1v) is 8.74. The van der Waals surface area contributed by atoms with Gasteiger partial charge in [-0.05, 0) is 43.2 Å². The van der Waals surface area contributed by atoms with Gasteiger partial charge < -0.3 is 15.0 Å². The Balaban J connectivity index is 2.15. The van der Waals surface area contributed by atoms with Gasteiger partial charge in [-0.2, -0.15) is 0 Å². The number of rotatable bonds is 7. The van der Waals surface area contributed by atoms with Gasteiger partial charge in [0.05, 0.1) is 0 Å². The topological polar surface area (TPSA) is 58.6 Å². The average Bonchev–Trinajstić information content (AvgIpc) is 2.64. The molecule has 0 fully saturated rings. The van der Waals surface area contributed by atoms with Gasteiger partial charge in [0.2, 0.25) is 5.91 Å². The summed E-state index contributed by atoms with van der Waals surface area (Å²) in [5.74, 6) is 0.00769. The van der Waals surface area contributed by atoms with Crippen LogP contribution >= 0.6 is 11.6 Å². The first kappa shape index (κ1) is 19.8. The number of carbonyl (C=O) groups is 2. The Morgan fingerprint density at radius 2 is 1.92 bits per heavy atom. The second-order valence-electron chi connectivity index (χ2n) is 5.98. The number of ether oxygens (including phenoxy) is 1. The van der Waals surface area contributed by atoms with E-state index in [-0.39, 0.29) is 18.4 Å². The minimum atomic E-state index is -0.616. The maximum Gasteiger partial charge on any atom is 0.261 e. The van der Waals surface area contributed by atoms with E-state index >= 15 is 0 Å². The molecule has 0 aliphatic rings. The smallest absolute Gasteiger partial charge is 0.261 e. The molecule has 1 unspecified atom stereocenters. The van der Waals surface area contributed by atoms with Crippen LogP contribution in [0.4, 0.5) is 0 Å². The Labute approximate surface area is 158 Å². The highest BCUT2D eigenvalue weighted by Gasteiger charge is 2.26. The number of nitrogens with one attached hydrogen (secondary N) is 1.